The first-order chi connectivity index (χ1) is 9.69. The van der Waals surface area contributed by atoms with E-state index in [1.807, 2.05) is 31.2 Å². The summed E-state index contributed by atoms with van der Waals surface area (Å²) in [7, 11) is 0. The van der Waals surface area contributed by atoms with E-state index < -0.39 is 11.6 Å². The molecular weight excluding hydrogens is 260 g/mol. The minimum absolute atomic E-state index is 0.482. The fourth-order valence-electron chi connectivity index (χ4n) is 1.91. The van der Waals surface area contributed by atoms with Crippen molar-refractivity contribution in [2.75, 3.05) is 6.61 Å². The highest BCUT2D eigenvalue weighted by Crippen LogP contribution is 2.13. The molecule has 0 fully saturated rings. The molecule has 20 heavy (non-hydrogen) atoms. The maximum Gasteiger partial charge on any atom is 0.159 e. The van der Waals surface area contributed by atoms with Gasteiger partial charge in [0.2, 0.25) is 0 Å². The maximum atomic E-state index is 13.0. The van der Waals surface area contributed by atoms with Crippen LogP contribution in [0.1, 0.15) is 18.1 Å². The molecule has 0 aliphatic heterocycles. The van der Waals surface area contributed by atoms with Crippen LogP contribution in [0.3, 0.4) is 0 Å². The summed E-state index contributed by atoms with van der Waals surface area (Å²) in [6.07, 6.45) is 0. The summed E-state index contributed by atoms with van der Waals surface area (Å²) in [6, 6.07) is 11.7. The third-order valence-corrected chi connectivity index (χ3v) is 2.85. The van der Waals surface area contributed by atoms with Crippen LogP contribution in [0.5, 0.6) is 5.75 Å². The molecule has 2 aromatic rings. The van der Waals surface area contributed by atoms with Gasteiger partial charge < -0.3 is 10.1 Å². The van der Waals surface area contributed by atoms with Crippen LogP contribution in [-0.4, -0.2) is 6.61 Å². The molecule has 0 radical (unpaired) electrons. The molecule has 0 saturated heterocycles. The SMILES string of the molecule is CCOc1cccc(CNCc2ccc(F)c(F)c2)c1. The number of benzene rings is 2. The van der Waals surface area contributed by atoms with E-state index in [4.69, 9.17) is 4.74 Å². The Hall–Kier alpha value is -1.94. The van der Waals surface area contributed by atoms with Crippen molar-refractivity contribution in [3.8, 4) is 5.75 Å². The Morgan fingerprint density at radius 1 is 0.950 bits per heavy atom. The topological polar surface area (TPSA) is 21.3 Å². The van der Waals surface area contributed by atoms with Crippen molar-refractivity contribution in [1.82, 2.24) is 5.32 Å². The molecule has 0 spiro atoms. The molecule has 106 valence electrons. The second-order valence-electron chi connectivity index (χ2n) is 4.43. The van der Waals surface area contributed by atoms with Gasteiger partial charge in [0.25, 0.3) is 0 Å². The summed E-state index contributed by atoms with van der Waals surface area (Å²) in [5.74, 6) is -0.805. The lowest BCUT2D eigenvalue weighted by Gasteiger charge is -2.08. The second-order valence-corrected chi connectivity index (χ2v) is 4.43. The zero-order chi connectivity index (χ0) is 14.4. The van der Waals surface area contributed by atoms with Gasteiger partial charge >= 0.3 is 0 Å². The van der Waals surface area contributed by atoms with Crippen molar-refractivity contribution < 1.29 is 13.5 Å². The second kappa shape index (κ2) is 7.01. The van der Waals surface area contributed by atoms with E-state index in [2.05, 4.69) is 5.32 Å². The first kappa shape index (κ1) is 14.5. The molecule has 0 saturated carbocycles. The molecule has 2 nitrogen and oxygen atoms in total. The predicted molar refractivity (Wildman–Crippen MR) is 74.5 cm³/mol. The summed E-state index contributed by atoms with van der Waals surface area (Å²) < 4.78 is 31.3. The normalized spacial score (nSPS) is 10.6. The minimum Gasteiger partial charge on any atom is -0.494 e. The lowest BCUT2D eigenvalue weighted by Crippen LogP contribution is -2.13. The van der Waals surface area contributed by atoms with Crippen LogP contribution in [0, 0.1) is 11.6 Å². The first-order valence-electron chi connectivity index (χ1n) is 6.55. The summed E-state index contributed by atoms with van der Waals surface area (Å²) in [5, 5.41) is 3.19. The zero-order valence-electron chi connectivity index (χ0n) is 11.3. The monoisotopic (exact) mass is 277 g/mol. The summed E-state index contributed by atoms with van der Waals surface area (Å²) in [4.78, 5) is 0. The van der Waals surface area contributed by atoms with Gasteiger partial charge in [-0.2, -0.15) is 0 Å². The summed E-state index contributed by atoms with van der Waals surface area (Å²) in [6.45, 7) is 3.69. The molecule has 2 rings (SSSR count). The van der Waals surface area contributed by atoms with E-state index in [9.17, 15) is 8.78 Å². The first-order valence-corrected chi connectivity index (χ1v) is 6.55. The van der Waals surface area contributed by atoms with E-state index in [0.29, 0.717) is 25.3 Å². The molecule has 0 aliphatic rings. The van der Waals surface area contributed by atoms with Crippen LogP contribution < -0.4 is 10.1 Å². The standard InChI is InChI=1S/C16H17F2NO/c1-2-20-14-5-3-4-12(8-14)10-19-11-13-6-7-15(17)16(18)9-13/h3-9,19H,2,10-11H2,1H3. The minimum atomic E-state index is -0.821. The molecule has 0 unspecified atom stereocenters. The number of nitrogens with one attached hydrogen (secondary N) is 1. The van der Waals surface area contributed by atoms with E-state index in [1.54, 1.807) is 6.07 Å². The molecule has 0 atom stereocenters. The third-order valence-electron chi connectivity index (χ3n) is 2.85. The Bertz CT molecular complexity index is 572. The molecule has 0 amide bonds. The van der Waals surface area contributed by atoms with Crippen molar-refractivity contribution in [3.63, 3.8) is 0 Å². The summed E-state index contributed by atoms with van der Waals surface area (Å²) >= 11 is 0. The van der Waals surface area contributed by atoms with Crippen molar-refractivity contribution >= 4 is 0 Å². The van der Waals surface area contributed by atoms with Crippen molar-refractivity contribution in [2.45, 2.75) is 20.0 Å². The summed E-state index contributed by atoms with van der Waals surface area (Å²) in [5.41, 5.74) is 1.79. The molecular formula is C16H17F2NO. The highest BCUT2D eigenvalue weighted by Gasteiger charge is 2.02. The molecule has 2 aromatic carbocycles. The van der Waals surface area contributed by atoms with Crippen molar-refractivity contribution in [3.05, 3.63) is 65.2 Å². The van der Waals surface area contributed by atoms with Crippen LogP contribution >= 0.6 is 0 Å². The van der Waals surface area contributed by atoms with E-state index >= 15 is 0 Å². The van der Waals surface area contributed by atoms with Crippen molar-refractivity contribution in [2.24, 2.45) is 0 Å². The highest BCUT2D eigenvalue weighted by molar-refractivity contribution is 5.28. The number of ether oxygens (including phenoxy) is 1. The van der Waals surface area contributed by atoms with Gasteiger partial charge in [-0.3, -0.25) is 0 Å². The van der Waals surface area contributed by atoms with Gasteiger partial charge in [0, 0.05) is 13.1 Å². The van der Waals surface area contributed by atoms with Gasteiger partial charge in [-0.05, 0) is 42.3 Å². The Labute approximate surface area is 117 Å². The molecule has 0 bridgehead atoms. The Morgan fingerprint density at radius 2 is 1.70 bits per heavy atom. The Morgan fingerprint density at radius 3 is 2.40 bits per heavy atom. The molecule has 0 aromatic heterocycles. The molecule has 0 aliphatic carbocycles. The van der Waals surface area contributed by atoms with Gasteiger partial charge in [-0.15, -0.1) is 0 Å². The van der Waals surface area contributed by atoms with Crippen LogP contribution in [0.4, 0.5) is 8.78 Å². The third kappa shape index (κ3) is 4.03. The zero-order valence-corrected chi connectivity index (χ0v) is 11.3. The number of halogens is 2. The smallest absolute Gasteiger partial charge is 0.159 e. The van der Waals surface area contributed by atoms with Crippen LogP contribution in [0.25, 0.3) is 0 Å². The quantitative estimate of drug-likeness (QED) is 0.870. The van der Waals surface area contributed by atoms with Gasteiger partial charge in [-0.25, -0.2) is 8.78 Å². The highest BCUT2D eigenvalue weighted by atomic mass is 19.2. The largest absolute Gasteiger partial charge is 0.494 e. The van der Waals surface area contributed by atoms with E-state index in [1.165, 1.54) is 6.07 Å². The fourth-order valence-corrected chi connectivity index (χ4v) is 1.91. The predicted octanol–water partition coefficient (Wildman–Crippen LogP) is 3.65. The van der Waals surface area contributed by atoms with Crippen LogP contribution in [0.2, 0.25) is 0 Å². The van der Waals surface area contributed by atoms with E-state index in [0.717, 1.165) is 17.4 Å². The number of hydrogen-bond donors (Lipinski definition) is 1. The van der Waals surface area contributed by atoms with E-state index in [-0.39, 0.29) is 0 Å². The average Bonchev–Trinajstić information content (AvgIpc) is 2.44. The van der Waals surface area contributed by atoms with Gasteiger partial charge in [0.1, 0.15) is 5.75 Å². The lowest BCUT2D eigenvalue weighted by molar-refractivity contribution is 0.340. The molecule has 1 N–H and O–H groups in total. The maximum absolute atomic E-state index is 13.0. The van der Waals surface area contributed by atoms with Crippen molar-refractivity contribution in [1.29, 1.82) is 0 Å². The Kier molecular flexibility index (Phi) is 5.07. The lowest BCUT2D eigenvalue weighted by atomic mass is 10.2. The number of hydrogen-bond acceptors (Lipinski definition) is 2. The van der Waals surface area contributed by atoms with Crippen LogP contribution in [-0.2, 0) is 13.1 Å². The van der Waals surface area contributed by atoms with Gasteiger partial charge in [0.05, 0.1) is 6.61 Å². The molecule has 0 heterocycles. The number of rotatable bonds is 6. The van der Waals surface area contributed by atoms with Gasteiger partial charge in [-0.1, -0.05) is 18.2 Å². The molecule has 4 heteroatoms. The average molecular weight is 277 g/mol. The Balaban J connectivity index is 1.89. The van der Waals surface area contributed by atoms with Gasteiger partial charge in [0.15, 0.2) is 11.6 Å². The fraction of sp³-hybridized carbons (Fsp3) is 0.250. The van der Waals surface area contributed by atoms with Crippen LogP contribution in [0.15, 0.2) is 42.5 Å².